The van der Waals surface area contributed by atoms with Crippen LogP contribution in [0.1, 0.15) is 26.7 Å². The molecular weight excluding hydrogens is 220 g/mol. The normalized spacial score (nSPS) is 23.4. The predicted octanol–water partition coefficient (Wildman–Crippen LogP) is -0.436. The van der Waals surface area contributed by atoms with E-state index in [1.54, 1.807) is 0 Å². The maximum atomic E-state index is 11.5. The molecule has 6 heteroatoms. The standard InChI is InChI=1S/C11H22N4O2/c1-3-5-13-10(17)15-9(16)7-14-11(2)4-6-12-8-11/h12,14H,3-8H2,1-2H3,(H2,13,15,16,17). The minimum atomic E-state index is -0.423. The van der Waals surface area contributed by atoms with Crippen molar-refractivity contribution in [2.45, 2.75) is 32.2 Å². The first-order valence-corrected chi connectivity index (χ1v) is 6.09. The fraction of sp³-hybridized carbons (Fsp3) is 0.818. The van der Waals surface area contributed by atoms with Gasteiger partial charge in [-0.25, -0.2) is 4.79 Å². The Kier molecular flexibility index (Phi) is 5.37. The van der Waals surface area contributed by atoms with Gasteiger partial charge < -0.3 is 16.0 Å². The third kappa shape index (κ3) is 5.14. The summed E-state index contributed by atoms with van der Waals surface area (Å²) in [5.74, 6) is -0.299. The third-order valence-corrected chi connectivity index (χ3v) is 2.83. The Morgan fingerprint density at radius 3 is 2.76 bits per heavy atom. The number of hydrogen-bond acceptors (Lipinski definition) is 4. The van der Waals surface area contributed by atoms with E-state index in [0.29, 0.717) is 6.54 Å². The summed E-state index contributed by atoms with van der Waals surface area (Å²) in [5.41, 5.74) is -0.0444. The van der Waals surface area contributed by atoms with Crippen LogP contribution in [0.4, 0.5) is 4.79 Å². The van der Waals surface area contributed by atoms with Crippen LogP contribution >= 0.6 is 0 Å². The van der Waals surface area contributed by atoms with Crippen LogP contribution in [0, 0.1) is 0 Å². The number of carbonyl (C=O) groups excluding carboxylic acids is 2. The van der Waals surface area contributed by atoms with Crippen LogP contribution in [-0.2, 0) is 4.79 Å². The fourth-order valence-corrected chi connectivity index (χ4v) is 1.72. The molecule has 0 bridgehead atoms. The summed E-state index contributed by atoms with van der Waals surface area (Å²) in [7, 11) is 0. The second kappa shape index (κ2) is 6.56. The molecular formula is C11H22N4O2. The molecule has 0 spiro atoms. The molecule has 1 rings (SSSR count). The van der Waals surface area contributed by atoms with Gasteiger partial charge in [-0.15, -0.1) is 0 Å². The maximum absolute atomic E-state index is 11.5. The van der Waals surface area contributed by atoms with E-state index >= 15 is 0 Å². The van der Waals surface area contributed by atoms with Crippen LogP contribution in [0.2, 0.25) is 0 Å². The maximum Gasteiger partial charge on any atom is 0.321 e. The highest BCUT2D eigenvalue weighted by atomic mass is 16.2. The van der Waals surface area contributed by atoms with Crippen molar-refractivity contribution < 1.29 is 9.59 Å². The molecule has 0 saturated carbocycles. The summed E-state index contributed by atoms with van der Waals surface area (Å²) in [6, 6.07) is -0.423. The second-order valence-electron chi connectivity index (χ2n) is 4.65. The molecule has 0 aromatic carbocycles. The lowest BCUT2D eigenvalue weighted by atomic mass is 10.0. The highest BCUT2D eigenvalue weighted by molar-refractivity contribution is 5.95. The molecule has 1 unspecified atom stereocenters. The Bertz CT molecular complexity index is 275. The van der Waals surface area contributed by atoms with Gasteiger partial charge in [0.05, 0.1) is 6.54 Å². The van der Waals surface area contributed by atoms with E-state index in [1.165, 1.54) is 0 Å². The van der Waals surface area contributed by atoms with Gasteiger partial charge >= 0.3 is 6.03 Å². The Balaban J connectivity index is 2.18. The molecule has 0 radical (unpaired) electrons. The highest BCUT2D eigenvalue weighted by Gasteiger charge is 2.28. The zero-order valence-corrected chi connectivity index (χ0v) is 10.6. The smallest absolute Gasteiger partial charge is 0.321 e. The summed E-state index contributed by atoms with van der Waals surface area (Å²) >= 11 is 0. The van der Waals surface area contributed by atoms with Crippen molar-refractivity contribution in [3.8, 4) is 0 Å². The second-order valence-corrected chi connectivity index (χ2v) is 4.65. The minimum absolute atomic E-state index is 0.0444. The van der Waals surface area contributed by atoms with E-state index < -0.39 is 6.03 Å². The van der Waals surface area contributed by atoms with Crippen LogP contribution in [0.5, 0.6) is 0 Å². The number of urea groups is 1. The van der Waals surface area contributed by atoms with Crippen molar-refractivity contribution in [3.05, 3.63) is 0 Å². The molecule has 4 N–H and O–H groups in total. The van der Waals surface area contributed by atoms with Crippen molar-refractivity contribution in [2.75, 3.05) is 26.2 Å². The number of carbonyl (C=O) groups is 2. The monoisotopic (exact) mass is 242 g/mol. The molecule has 1 aliphatic heterocycles. The van der Waals surface area contributed by atoms with Crippen molar-refractivity contribution >= 4 is 11.9 Å². The highest BCUT2D eigenvalue weighted by Crippen LogP contribution is 2.12. The topological polar surface area (TPSA) is 82.3 Å². The van der Waals surface area contributed by atoms with Crippen LogP contribution in [0.25, 0.3) is 0 Å². The van der Waals surface area contributed by atoms with Gasteiger partial charge in [-0.2, -0.15) is 0 Å². The SMILES string of the molecule is CCCNC(=O)NC(=O)CNC1(C)CCNC1. The van der Waals surface area contributed by atoms with Gasteiger partial charge in [0, 0.05) is 18.6 Å². The lowest BCUT2D eigenvalue weighted by molar-refractivity contribution is -0.119. The Morgan fingerprint density at radius 1 is 1.41 bits per heavy atom. The average Bonchev–Trinajstić information content (AvgIpc) is 2.71. The predicted molar refractivity (Wildman–Crippen MR) is 65.7 cm³/mol. The number of imide groups is 1. The first-order valence-electron chi connectivity index (χ1n) is 6.09. The molecule has 1 saturated heterocycles. The van der Waals surface area contributed by atoms with E-state index in [-0.39, 0.29) is 18.0 Å². The van der Waals surface area contributed by atoms with E-state index in [9.17, 15) is 9.59 Å². The zero-order valence-electron chi connectivity index (χ0n) is 10.6. The largest absolute Gasteiger partial charge is 0.338 e. The molecule has 0 aromatic rings. The molecule has 0 aliphatic carbocycles. The summed E-state index contributed by atoms with van der Waals surface area (Å²) in [6.45, 7) is 6.57. The van der Waals surface area contributed by atoms with E-state index in [2.05, 4.69) is 28.2 Å². The van der Waals surface area contributed by atoms with Gasteiger partial charge in [0.1, 0.15) is 0 Å². The first kappa shape index (κ1) is 13.9. The van der Waals surface area contributed by atoms with Gasteiger partial charge in [0.2, 0.25) is 5.91 Å². The molecule has 6 nitrogen and oxygen atoms in total. The minimum Gasteiger partial charge on any atom is -0.338 e. The number of rotatable bonds is 5. The quantitative estimate of drug-likeness (QED) is 0.527. The number of nitrogens with one attached hydrogen (secondary N) is 4. The lowest BCUT2D eigenvalue weighted by Crippen LogP contribution is -2.50. The van der Waals surface area contributed by atoms with Crippen LogP contribution in [0.3, 0.4) is 0 Å². The van der Waals surface area contributed by atoms with E-state index in [4.69, 9.17) is 0 Å². The Hall–Kier alpha value is -1.14. The molecule has 0 aromatic heterocycles. The summed E-state index contributed by atoms with van der Waals surface area (Å²) in [6.07, 6.45) is 1.84. The molecule has 1 aliphatic rings. The van der Waals surface area contributed by atoms with Crippen LogP contribution < -0.4 is 21.3 Å². The van der Waals surface area contributed by atoms with E-state index in [1.807, 2.05) is 6.92 Å². The molecule has 3 amide bonds. The third-order valence-electron chi connectivity index (χ3n) is 2.83. The zero-order chi connectivity index (χ0) is 12.7. The fourth-order valence-electron chi connectivity index (χ4n) is 1.72. The molecule has 1 heterocycles. The Labute approximate surface area is 102 Å². The van der Waals surface area contributed by atoms with Crippen molar-refractivity contribution in [1.82, 2.24) is 21.3 Å². The van der Waals surface area contributed by atoms with Crippen molar-refractivity contribution in [1.29, 1.82) is 0 Å². The first-order chi connectivity index (χ1) is 8.06. The van der Waals surface area contributed by atoms with Gasteiger partial charge in [0.25, 0.3) is 0 Å². The van der Waals surface area contributed by atoms with Gasteiger partial charge in [0.15, 0.2) is 0 Å². The summed E-state index contributed by atoms with van der Waals surface area (Å²) in [4.78, 5) is 22.7. The van der Waals surface area contributed by atoms with Crippen LogP contribution in [-0.4, -0.2) is 43.7 Å². The Morgan fingerprint density at radius 2 is 2.18 bits per heavy atom. The van der Waals surface area contributed by atoms with Crippen molar-refractivity contribution in [2.24, 2.45) is 0 Å². The van der Waals surface area contributed by atoms with Gasteiger partial charge in [-0.3, -0.25) is 10.1 Å². The molecule has 17 heavy (non-hydrogen) atoms. The van der Waals surface area contributed by atoms with Crippen LogP contribution in [0.15, 0.2) is 0 Å². The lowest BCUT2D eigenvalue weighted by Gasteiger charge is -2.23. The van der Waals surface area contributed by atoms with Gasteiger partial charge in [-0.05, 0) is 26.3 Å². The summed E-state index contributed by atoms with van der Waals surface area (Å²) in [5, 5.41) is 11.3. The van der Waals surface area contributed by atoms with Crippen molar-refractivity contribution in [3.63, 3.8) is 0 Å². The van der Waals surface area contributed by atoms with Gasteiger partial charge in [-0.1, -0.05) is 6.92 Å². The molecule has 1 fully saturated rings. The summed E-state index contributed by atoms with van der Waals surface area (Å²) < 4.78 is 0. The van der Waals surface area contributed by atoms with E-state index in [0.717, 1.165) is 25.9 Å². The molecule has 1 atom stereocenters. The average molecular weight is 242 g/mol. The number of amides is 3. The number of hydrogen-bond donors (Lipinski definition) is 4. The molecule has 98 valence electrons.